The summed E-state index contributed by atoms with van der Waals surface area (Å²) in [5.74, 6) is -5.18. The van der Waals surface area contributed by atoms with Crippen molar-refractivity contribution in [2.45, 2.75) is 0 Å². The fourth-order valence-electron chi connectivity index (χ4n) is 1.79. The SMILES string of the molecule is O=C([O-])c1cccc(C(=O)O[SH](=O)=O)c1.O=C([O-])c1cccc(C(=O)O[SH](=O)=O)c1.O=S=O.[Na+].[Na+]. The molecule has 0 unspecified atom stereocenters. The number of carbonyl (C=O) groups is 4. The predicted octanol–water partition coefficient (Wildman–Crippen LogP) is -9.20. The third kappa shape index (κ3) is 16.4. The number of aromatic carboxylic acids is 2. The van der Waals surface area contributed by atoms with E-state index in [1.165, 1.54) is 36.4 Å². The largest absolute Gasteiger partial charge is 1.00 e. The Morgan fingerprint density at radius 3 is 1.11 bits per heavy atom. The first kappa shape index (κ1) is 37.6. The molecule has 19 heteroatoms. The molecule has 0 aliphatic heterocycles. The molecule has 0 aromatic heterocycles. The summed E-state index contributed by atoms with van der Waals surface area (Å²) in [5.41, 5.74) is -0.803. The van der Waals surface area contributed by atoms with Crippen LogP contribution >= 0.6 is 0 Å². The van der Waals surface area contributed by atoms with Crippen molar-refractivity contribution in [3.05, 3.63) is 70.8 Å². The minimum Gasteiger partial charge on any atom is -0.545 e. The van der Waals surface area contributed by atoms with E-state index in [9.17, 15) is 46.2 Å². The van der Waals surface area contributed by atoms with E-state index >= 15 is 0 Å². The molecule has 0 radical (unpaired) electrons. The van der Waals surface area contributed by atoms with Crippen LogP contribution in [0.15, 0.2) is 48.5 Å². The first-order valence-corrected chi connectivity index (χ1v) is 10.6. The van der Waals surface area contributed by atoms with E-state index in [2.05, 4.69) is 8.37 Å². The Labute approximate surface area is 248 Å². The van der Waals surface area contributed by atoms with Gasteiger partial charge in [0, 0.05) is 0 Å². The summed E-state index contributed by atoms with van der Waals surface area (Å²) < 4.78 is 64.6. The number of benzene rings is 2. The van der Waals surface area contributed by atoms with E-state index in [-0.39, 0.29) is 81.4 Å². The van der Waals surface area contributed by atoms with Crippen LogP contribution in [0.25, 0.3) is 0 Å². The molecule has 178 valence electrons. The normalized spacial score (nSPS) is 8.86. The van der Waals surface area contributed by atoms with E-state index in [4.69, 9.17) is 8.42 Å². The Kier molecular flexibility index (Phi) is 21.8. The third-order valence-corrected chi connectivity index (χ3v) is 3.61. The number of carboxylic acid groups (broad SMARTS) is 2. The molecule has 0 atom stereocenters. The Morgan fingerprint density at radius 1 is 0.629 bits per heavy atom. The van der Waals surface area contributed by atoms with Gasteiger partial charge in [-0.25, -0.2) is 9.59 Å². The minimum absolute atomic E-state index is 0. The van der Waals surface area contributed by atoms with Gasteiger partial charge in [-0.3, -0.25) is 0 Å². The van der Waals surface area contributed by atoms with Crippen LogP contribution in [0.1, 0.15) is 41.4 Å². The van der Waals surface area contributed by atoms with Crippen LogP contribution in [0.4, 0.5) is 0 Å². The second-order valence-corrected chi connectivity index (χ2v) is 6.40. The average Bonchev–Trinajstić information content (AvgIpc) is 2.74. The number of thiol groups is 2. The van der Waals surface area contributed by atoms with Crippen molar-refractivity contribution in [3.63, 3.8) is 0 Å². The zero-order valence-corrected chi connectivity index (χ0v) is 24.2. The first-order valence-electron chi connectivity index (χ1n) is 7.70. The van der Waals surface area contributed by atoms with Gasteiger partial charge in [0.2, 0.25) is 0 Å². The van der Waals surface area contributed by atoms with Crippen LogP contribution in [0.5, 0.6) is 0 Å². The van der Waals surface area contributed by atoms with Crippen LogP contribution < -0.4 is 69.3 Å². The fraction of sp³-hybridized carbons (Fsp3) is 0. The van der Waals surface area contributed by atoms with Crippen LogP contribution in [0.2, 0.25) is 0 Å². The van der Waals surface area contributed by atoms with Crippen molar-refractivity contribution < 1.29 is 122 Å². The van der Waals surface area contributed by atoms with Gasteiger partial charge < -0.3 is 28.2 Å². The molecule has 2 rings (SSSR count). The Balaban J connectivity index is -0.000000500. The van der Waals surface area contributed by atoms with Gasteiger partial charge in [0.25, 0.3) is 0 Å². The average molecular weight is 568 g/mol. The molecule has 0 saturated carbocycles. The minimum atomic E-state index is -3.30. The molecule has 14 nitrogen and oxygen atoms in total. The quantitative estimate of drug-likeness (QED) is 0.243. The zero-order chi connectivity index (χ0) is 25.6. The number of hydrogen-bond acceptors (Lipinski definition) is 14. The summed E-state index contributed by atoms with van der Waals surface area (Å²) in [6.45, 7) is 0. The van der Waals surface area contributed by atoms with Gasteiger partial charge in [0.05, 0.1) is 23.1 Å². The third-order valence-electron chi connectivity index (χ3n) is 2.98. The van der Waals surface area contributed by atoms with Gasteiger partial charge in [-0.05, 0) is 35.4 Å². The molecule has 0 N–H and O–H groups in total. The molecule has 2 aromatic rings. The smallest absolute Gasteiger partial charge is 0.545 e. The molecular formula is C16H10Na2O14S3. The summed E-state index contributed by atoms with van der Waals surface area (Å²) in [7, 11) is -6.60. The van der Waals surface area contributed by atoms with Gasteiger partial charge in [-0.2, -0.15) is 25.3 Å². The Hall–Kier alpha value is -1.96. The van der Waals surface area contributed by atoms with Gasteiger partial charge >= 0.3 is 105 Å². The molecule has 0 saturated heterocycles. The second kappa shape index (κ2) is 20.3. The van der Waals surface area contributed by atoms with Crippen molar-refractivity contribution in [2.24, 2.45) is 0 Å². The number of hydrogen-bond donors (Lipinski definition) is 2. The molecule has 0 aliphatic carbocycles. The van der Waals surface area contributed by atoms with Crippen molar-refractivity contribution >= 4 is 57.4 Å². The molecular weight excluding hydrogens is 558 g/mol. The zero-order valence-electron chi connectivity index (χ0n) is 17.6. The molecule has 0 fully saturated rings. The van der Waals surface area contributed by atoms with Crippen molar-refractivity contribution in [1.29, 1.82) is 0 Å². The molecule has 2 aromatic carbocycles. The summed E-state index contributed by atoms with van der Waals surface area (Å²) >= 11 is -0.750. The van der Waals surface area contributed by atoms with E-state index < -0.39 is 57.4 Å². The van der Waals surface area contributed by atoms with Gasteiger partial charge in [0.1, 0.15) is 0 Å². The molecule has 0 amide bonds. The van der Waals surface area contributed by atoms with E-state index in [0.29, 0.717) is 0 Å². The van der Waals surface area contributed by atoms with E-state index in [1.54, 1.807) is 0 Å². The second-order valence-electron chi connectivity index (χ2n) is 5.01. The molecule has 35 heavy (non-hydrogen) atoms. The maximum absolute atomic E-state index is 11.0. The monoisotopic (exact) mass is 568 g/mol. The summed E-state index contributed by atoms with van der Waals surface area (Å²) in [6.07, 6.45) is 0. The predicted molar refractivity (Wildman–Crippen MR) is 102 cm³/mol. The van der Waals surface area contributed by atoms with Crippen molar-refractivity contribution in [3.8, 4) is 0 Å². The number of carboxylic acids is 2. The van der Waals surface area contributed by atoms with Crippen LogP contribution in [-0.2, 0) is 41.9 Å². The number of rotatable bonds is 6. The molecule has 0 heterocycles. The first-order chi connectivity index (χ1) is 15.4. The van der Waals surface area contributed by atoms with Crippen LogP contribution in [-0.4, -0.2) is 49.1 Å². The molecule has 0 aliphatic rings. The van der Waals surface area contributed by atoms with Gasteiger partial charge in [-0.1, -0.05) is 24.3 Å². The molecule has 0 spiro atoms. The van der Waals surface area contributed by atoms with E-state index in [1.807, 2.05) is 0 Å². The molecule has 0 bridgehead atoms. The summed E-state index contributed by atoms with van der Waals surface area (Å²) in [5, 5.41) is 20.8. The number of carbonyl (C=O) groups excluding carboxylic acids is 4. The van der Waals surface area contributed by atoms with Crippen LogP contribution in [0.3, 0.4) is 0 Å². The topological polar surface area (TPSA) is 235 Å². The van der Waals surface area contributed by atoms with Gasteiger partial charge in [-0.15, -0.1) is 0 Å². The Morgan fingerprint density at radius 2 is 0.886 bits per heavy atom. The van der Waals surface area contributed by atoms with E-state index in [0.717, 1.165) is 12.1 Å². The summed E-state index contributed by atoms with van der Waals surface area (Å²) in [4.78, 5) is 42.9. The standard InChI is InChI=1S/2C8H6O6S.2Na.O2S/c2*9-7(10)5-2-1-3-6(4-5)8(11)14-15(12)13;;;1-3-2/h2*1-4,15H,(H,9,10);;;/q;;2*+1;/p-2. The van der Waals surface area contributed by atoms with Gasteiger partial charge in [0.15, 0.2) is 0 Å². The summed E-state index contributed by atoms with van der Waals surface area (Å²) in [6, 6.07) is 9.38. The van der Waals surface area contributed by atoms with Crippen molar-refractivity contribution in [2.75, 3.05) is 0 Å². The fourth-order valence-corrected chi connectivity index (χ4v) is 2.27. The Bertz CT molecular complexity index is 1130. The maximum atomic E-state index is 11.0. The maximum Gasteiger partial charge on any atom is 1.00 e. The van der Waals surface area contributed by atoms with Crippen molar-refractivity contribution in [1.82, 2.24) is 0 Å². The van der Waals surface area contributed by atoms with Crippen LogP contribution in [0, 0.1) is 0 Å².